The SMILES string of the molecule is Nc1nc(NC2CCC(C(=O)O)CC2)nc(N2CCCCCC2)n1. The van der Waals surface area contributed by atoms with Crippen molar-refractivity contribution in [2.24, 2.45) is 5.92 Å². The summed E-state index contributed by atoms with van der Waals surface area (Å²) in [5.41, 5.74) is 5.87. The van der Waals surface area contributed by atoms with E-state index in [1.54, 1.807) is 0 Å². The lowest BCUT2D eigenvalue weighted by Gasteiger charge is -2.27. The number of nitrogens with two attached hydrogens (primary N) is 1. The number of nitrogens with zero attached hydrogens (tertiary/aromatic N) is 4. The summed E-state index contributed by atoms with van der Waals surface area (Å²) in [6.07, 6.45) is 7.77. The van der Waals surface area contributed by atoms with Gasteiger partial charge in [-0.2, -0.15) is 15.0 Å². The van der Waals surface area contributed by atoms with Gasteiger partial charge in [-0.05, 0) is 38.5 Å². The third kappa shape index (κ3) is 4.24. The van der Waals surface area contributed by atoms with E-state index in [0.29, 0.717) is 24.7 Å². The summed E-state index contributed by atoms with van der Waals surface area (Å²) < 4.78 is 0. The molecule has 1 aromatic heterocycles. The second kappa shape index (κ2) is 7.63. The Hall–Kier alpha value is -2.12. The second-order valence-electron chi connectivity index (χ2n) is 6.75. The molecule has 0 radical (unpaired) electrons. The van der Waals surface area contributed by atoms with Crippen LogP contribution in [0.15, 0.2) is 0 Å². The number of hydrogen-bond donors (Lipinski definition) is 3. The predicted molar refractivity (Wildman–Crippen MR) is 91.9 cm³/mol. The Labute approximate surface area is 141 Å². The van der Waals surface area contributed by atoms with Crippen molar-refractivity contribution in [1.82, 2.24) is 15.0 Å². The number of nitrogens with one attached hydrogen (secondary N) is 1. The zero-order chi connectivity index (χ0) is 16.9. The lowest BCUT2D eigenvalue weighted by atomic mass is 9.86. The first-order valence-corrected chi connectivity index (χ1v) is 8.87. The molecule has 1 aromatic rings. The fourth-order valence-corrected chi connectivity index (χ4v) is 3.52. The first-order chi connectivity index (χ1) is 11.6. The molecular weight excluding hydrogens is 308 g/mol. The van der Waals surface area contributed by atoms with Crippen molar-refractivity contribution < 1.29 is 9.90 Å². The molecule has 1 aliphatic carbocycles. The van der Waals surface area contributed by atoms with E-state index in [0.717, 1.165) is 38.8 Å². The molecule has 0 bridgehead atoms. The van der Waals surface area contributed by atoms with Gasteiger partial charge in [0.05, 0.1) is 5.92 Å². The Bertz CT molecular complexity index is 566. The largest absolute Gasteiger partial charge is 0.481 e. The molecule has 8 heteroatoms. The summed E-state index contributed by atoms with van der Waals surface area (Å²) in [6, 6.07) is 0.194. The normalized spacial score (nSPS) is 25.1. The average molecular weight is 334 g/mol. The van der Waals surface area contributed by atoms with Gasteiger partial charge in [-0.3, -0.25) is 4.79 Å². The van der Waals surface area contributed by atoms with Gasteiger partial charge >= 0.3 is 5.97 Å². The molecule has 2 heterocycles. The van der Waals surface area contributed by atoms with E-state index in [1.165, 1.54) is 12.8 Å². The van der Waals surface area contributed by atoms with Crippen LogP contribution < -0.4 is 16.0 Å². The zero-order valence-electron chi connectivity index (χ0n) is 13.9. The van der Waals surface area contributed by atoms with Crippen LogP contribution in [-0.2, 0) is 4.79 Å². The van der Waals surface area contributed by atoms with Crippen molar-refractivity contribution in [3.8, 4) is 0 Å². The van der Waals surface area contributed by atoms with Gasteiger partial charge < -0.3 is 21.1 Å². The van der Waals surface area contributed by atoms with Crippen molar-refractivity contribution in [3.05, 3.63) is 0 Å². The molecule has 0 spiro atoms. The smallest absolute Gasteiger partial charge is 0.306 e. The van der Waals surface area contributed by atoms with E-state index < -0.39 is 5.97 Å². The van der Waals surface area contributed by atoms with Crippen LogP contribution in [0.25, 0.3) is 0 Å². The quantitative estimate of drug-likeness (QED) is 0.764. The van der Waals surface area contributed by atoms with E-state index >= 15 is 0 Å². The maximum atomic E-state index is 11.0. The first kappa shape index (κ1) is 16.7. The van der Waals surface area contributed by atoms with Gasteiger partial charge in [-0.1, -0.05) is 12.8 Å². The predicted octanol–water partition coefficient (Wildman–Crippen LogP) is 1.89. The van der Waals surface area contributed by atoms with Crippen molar-refractivity contribution in [2.75, 3.05) is 29.0 Å². The molecule has 1 saturated carbocycles. The number of hydrogen-bond acceptors (Lipinski definition) is 7. The Morgan fingerprint density at radius 3 is 2.33 bits per heavy atom. The molecule has 8 nitrogen and oxygen atoms in total. The molecule has 0 aromatic carbocycles. The number of nitrogen functional groups attached to an aromatic ring is 1. The third-order valence-electron chi connectivity index (χ3n) is 4.94. The highest BCUT2D eigenvalue weighted by Crippen LogP contribution is 2.26. The van der Waals surface area contributed by atoms with Crippen molar-refractivity contribution in [2.45, 2.75) is 57.4 Å². The van der Waals surface area contributed by atoms with Crippen LogP contribution in [0, 0.1) is 5.92 Å². The standard InChI is InChI=1S/C16H26N6O2/c17-14-19-15(18-12-7-5-11(6-8-12)13(23)24)21-16(20-14)22-9-3-1-2-4-10-22/h11-12H,1-10H2,(H,23,24)(H3,17,18,19,20,21). The Balaban J connectivity index is 1.64. The van der Waals surface area contributed by atoms with Crippen molar-refractivity contribution in [1.29, 1.82) is 0 Å². The molecule has 0 atom stereocenters. The number of anilines is 3. The summed E-state index contributed by atoms with van der Waals surface area (Å²) in [5, 5.41) is 12.4. The molecule has 4 N–H and O–H groups in total. The third-order valence-corrected chi connectivity index (χ3v) is 4.94. The molecule has 0 unspecified atom stereocenters. The van der Waals surface area contributed by atoms with E-state index in [-0.39, 0.29) is 17.9 Å². The van der Waals surface area contributed by atoms with Crippen LogP contribution in [-0.4, -0.2) is 45.2 Å². The van der Waals surface area contributed by atoms with Crippen LogP contribution in [0.4, 0.5) is 17.8 Å². The summed E-state index contributed by atoms with van der Waals surface area (Å²) in [6.45, 7) is 1.90. The fraction of sp³-hybridized carbons (Fsp3) is 0.750. The number of rotatable bonds is 4. The topological polar surface area (TPSA) is 117 Å². The summed E-state index contributed by atoms with van der Waals surface area (Å²) in [4.78, 5) is 26.3. The summed E-state index contributed by atoms with van der Waals surface area (Å²) in [5.74, 6) is 0.457. The van der Waals surface area contributed by atoms with Crippen LogP contribution in [0.1, 0.15) is 51.4 Å². The van der Waals surface area contributed by atoms with Gasteiger partial charge in [-0.25, -0.2) is 0 Å². The number of aromatic nitrogens is 3. The van der Waals surface area contributed by atoms with Gasteiger partial charge in [0.25, 0.3) is 0 Å². The second-order valence-corrected chi connectivity index (χ2v) is 6.75. The van der Waals surface area contributed by atoms with E-state index in [9.17, 15) is 4.79 Å². The maximum absolute atomic E-state index is 11.0. The fourth-order valence-electron chi connectivity index (χ4n) is 3.52. The minimum atomic E-state index is -0.693. The van der Waals surface area contributed by atoms with E-state index in [1.807, 2.05) is 0 Å². The van der Waals surface area contributed by atoms with E-state index in [2.05, 4.69) is 25.2 Å². The van der Waals surface area contributed by atoms with Gasteiger partial charge in [0.2, 0.25) is 17.8 Å². The highest BCUT2D eigenvalue weighted by atomic mass is 16.4. The number of carbonyl (C=O) groups is 1. The van der Waals surface area contributed by atoms with Crippen LogP contribution in [0.5, 0.6) is 0 Å². The van der Waals surface area contributed by atoms with Crippen LogP contribution >= 0.6 is 0 Å². The van der Waals surface area contributed by atoms with Crippen molar-refractivity contribution in [3.63, 3.8) is 0 Å². The lowest BCUT2D eigenvalue weighted by Crippen LogP contribution is -2.31. The average Bonchev–Trinajstić information content (AvgIpc) is 2.84. The molecule has 1 saturated heterocycles. The van der Waals surface area contributed by atoms with Gasteiger partial charge in [0.15, 0.2) is 0 Å². The Kier molecular flexibility index (Phi) is 5.32. The summed E-state index contributed by atoms with van der Waals surface area (Å²) in [7, 11) is 0. The zero-order valence-corrected chi connectivity index (χ0v) is 13.9. The minimum Gasteiger partial charge on any atom is -0.481 e. The molecular formula is C16H26N6O2. The molecule has 3 rings (SSSR count). The van der Waals surface area contributed by atoms with E-state index in [4.69, 9.17) is 10.8 Å². The Morgan fingerprint density at radius 2 is 1.71 bits per heavy atom. The maximum Gasteiger partial charge on any atom is 0.306 e. The number of carboxylic acids is 1. The first-order valence-electron chi connectivity index (χ1n) is 8.87. The summed E-state index contributed by atoms with van der Waals surface area (Å²) >= 11 is 0. The number of carboxylic acid groups (broad SMARTS) is 1. The Morgan fingerprint density at radius 1 is 1.04 bits per heavy atom. The molecule has 0 amide bonds. The van der Waals surface area contributed by atoms with Crippen LogP contribution in [0.2, 0.25) is 0 Å². The molecule has 2 fully saturated rings. The molecule has 132 valence electrons. The number of aliphatic carboxylic acids is 1. The van der Waals surface area contributed by atoms with Gasteiger partial charge in [-0.15, -0.1) is 0 Å². The van der Waals surface area contributed by atoms with Crippen molar-refractivity contribution >= 4 is 23.8 Å². The molecule has 24 heavy (non-hydrogen) atoms. The monoisotopic (exact) mass is 334 g/mol. The molecule has 1 aliphatic heterocycles. The highest BCUT2D eigenvalue weighted by molar-refractivity contribution is 5.70. The molecule has 2 aliphatic rings. The highest BCUT2D eigenvalue weighted by Gasteiger charge is 2.26. The van der Waals surface area contributed by atoms with Gasteiger partial charge in [0, 0.05) is 19.1 Å². The van der Waals surface area contributed by atoms with Crippen LogP contribution in [0.3, 0.4) is 0 Å². The van der Waals surface area contributed by atoms with Gasteiger partial charge in [0.1, 0.15) is 0 Å². The lowest BCUT2D eigenvalue weighted by molar-refractivity contribution is -0.142. The minimum absolute atomic E-state index is 0.194.